The number of nitrogens with zero attached hydrogens (tertiary/aromatic N) is 1. The van der Waals surface area contributed by atoms with Crippen LogP contribution < -0.4 is 0 Å². The van der Waals surface area contributed by atoms with E-state index in [0.717, 1.165) is 29.3 Å². The van der Waals surface area contributed by atoms with E-state index in [2.05, 4.69) is 35.0 Å². The second-order valence-electron chi connectivity index (χ2n) is 4.36. The van der Waals surface area contributed by atoms with Crippen LogP contribution >= 0.6 is 15.9 Å². The van der Waals surface area contributed by atoms with Crippen LogP contribution in [0, 0.1) is 17.2 Å². The van der Waals surface area contributed by atoms with Crippen molar-refractivity contribution in [2.75, 3.05) is 0 Å². The summed E-state index contributed by atoms with van der Waals surface area (Å²) in [6.45, 7) is 2.19. The monoisotopic (exact) mass is 263 g/mol. The zero-order valence-corrected chi connectivity index (χ0v) is 10.4. The van der Waals surface area contributed by atoms with Gasteiger partial charge in [-0.1, -0.05) is 47.5 Å². The third-order valence-corrected chi connectivity index (χ3v) is 4.30. The molecule has 2 rings (SSSR count). The molecule has 2 atom stereocenters. The third kappa shape index (κ3) is 1.59. The number of hydrogen-bond acceptors (Lipinski definition) is 1. The average molecular weight is 264 g/mol. The molecule has 1 aromatic rings. The summed E-state index contributed by atoms with van der Waals surface area (Å²) in [4.78, 5) is 0. The van der Waals surface area contributed by atoms with Crippen LogP contribution in [-0.2, 0) is 5.41 Å². The molecule has 1 nitrogen and oxygen atoms in total. The normalized spacial score (nSPS) is 30.1. The predicted molar refractivity (Wildman–Crippen MR) is 64.4 cm³/mol. The Morgan fingerprint density at radius 1 is 1.47 bits per heavy atom. The van der Waals surface area contributed by atoms with E-state index < -0.39 is 0 Å². The lowest BCUT2D eigenvalue weighted by atomic mass is 9.74. The van der Waals surface area contributed by atoms with Gasteiger partial charge < -0.3 is 0 Å². The highest BCUT2D eigenvalue weighted by Gasteiger charge is 2.43. The molecule has 0 bridgehead atoms. The molecule has 1 aromatic carbocycles. The number of hydrogen-bond donors (Lipinski definition) is 0. The van der Waals surface area contributed by atoms with E-state index in [1.165, 1.54) is 0 Å². The third-order valence-electron chi connectivity index (χ3n) is 3.60. The number of halogens is 1. The molecule has 1 aliphatic carbocycles. The maximum Gasteiger partial charge on any atom is 0.0858 e. The molecule has 2 heteroatoms. The van der Waals surface area contributed by atoms with Crippen molar-refractivity contribution >= 4 is 15.9 Å². The lowest BCUT2D eigenvalue weighted by Gasteiger charge is -2.27. The first-order chi connectivity index (χ1) is 7.20. The van der Waals surface area contributed by atoms with Crippen molar-refractivity contribution in [1.29, 1.82) is 5.26 Å². The minimum absolute atomic E-state index is 0.264. The molecule has 0 N–H and O–H groups in total. The molecule has 0 amide bonds. The van der Waals surface area contributed by atoms with Crippen molar-refractivity contribution < 1.29 is 0 Å². The van der Waals surface area contributed by atoms with Crippen LogP contribution in [0.1, 0.15) is 31.7 Å². The zero-order chi connectivity index (χ0) is 10.9. The Hall–Kier alpha value is -0.810. The van der Waals surface area contributed by atoms with E-state index in [1.807, 2.05) is 18.2 Å². The zero-order valence-electron chi connectivity index (χ0n) is 8.83. The highest BCUT2D eigenvalue weighted by atomic mass is 79.9. The Morgan fingerprint density at radius 3 is 2.73 bits per heavy atom. The van der Waals surface area contributed by atoms with E-state index in [0.29, 0.717) is 5.92 Å². The maximum absolute atomic E-state index is 9.49. The minimum Gasteiger partial charge on any atom is -0.197 e. The van der Waals surface area contributed by atoms with Gasteiger partial charge >= 0.3 is 0 Å². The molecule has 1 fully saturated rings. The fraction of sp³-hybridized carbons (Fsp3) is 0.462. The van der Waals surface area contributed by atoms with Crippen LogP contribution in [-0.4, -0.2) is 0 Å². The first-order valence-electron chi connectivity index (χ1n) is 5.37. The maximum atomic E-state index is 9.49. The fourth-order valence-corrected chi connectivity index (χ4v) is 3.27. The molecule has 0 aromatic heterocycles. The second kappa shape index (κ2) is 3.98. The van der Waals surface area contributed by atoms with E-state index in [9.17, 15) is 5.26 Å². The van der Waals surface area contributed by atoms with E-state index in [-0.39, 0.29) is 5.41 Å². The quantitative estimate of drug-likeness (QED) is 0.751. The molecule has 1 saturated carbocycles. The van der Waals surface area contributed by atoms with Gasteiger partial charge in [0.05, 0.1) is 11.5 Å². The van der Waals surface area contributed by atoms with E-state index >= 15 is 0 Å². The van der Waals surface area contributed by atoms with Crippen molar-refractivity contribution in [3.8, 4) is 6.07 Å². The highest BCUT2D eigenvalue weighted by molar-refractivity contribution is 9.10. The Kier molecular flexibility index (Phi) is 2.84. The van der Waals surface area contributed by atoms with Crippen molar-refractivity contribution in [2.45, 2.75) is 31.6 Å². The molecule has 0 spiro atoms. The van der Waals surface area contributed by atoms with Crippen LogP contribution in [0.15, 0.2) is 28.7 Å². The SMILES string of the molecule is CC1CCCC1(C#N)c1ccccc1Br. The van der Waals surface area contributed by atoms with Crippen molar-refractivity contribution in [2.24, 2.45) is 5.92 Å². The molecular weight excluding hydrogens is 250 g/mol. The van der Waals surface area contributed by atoms with Crippen molar-refractivity contribution in [3.63, 3.8) is 0 Å². The summed E-state index contributed by atoms with van der Waals surface area (Å²) in [5, 5.41) is 9.49. The van der Waals surface area contributed by atoms with Gasteiger partial charge in [-0.2, -0.15) is 5.26 Å². The Morgan fingerprint density at radius 2 is 2.20 bits per heavy atom. The Bertz CT molecular complexity index is 407. The molecular formula is C13H14BrN. The predicted octanol–water partition coefficient (Wildman–Crippen LogP) is 4.03. The summed E-state index contributed by atoms with van der Waals surface area (Å²) in [5.41, 5.74) is 0.901. The summed E-state index contributed by atoms with van der Waals surface area (Å²) in [7, 11) is 0. The molecule has 1 aliphatic rings. The van der Waals surface area contributed by atoms with Gasteiger partial charge in [0.15, 0.2) is 0 Å². The summed E-state index contributed by atoms with van der Waals surface area (Å²) in [6.07, 6.45) is 3.32. The van der Waals surface area contributed by atoms with Crippen LogP contribution in [0.5, 0.6) is 0 Å². The van der Waals surface area contributed by atoms with Gasteiger partial charge in [0, 0.05) is 4.47 Å². The van der Waals surface area contributed by atoms with Gasteiger partial charge in [-0.3, -0.25) is 0 Å². The van der Waals surface area contributed by atoms with Crippen LogP contribution in [0.3, 0.4) is 0 Å². The fourth-order valence-electron chi connectivity index (χ4n) is 2.63. The van der Waals surface area contributed by atoms with Crippen LogP contribution in [0.4, 0.5) is 0 Å². The Labute approximate surface area is 99.2 Å². The topological polar surface area (TPSA) is 23.8 Å². The van der Waals surface area contributed by atoms with Gasteiger partial charge in [0.1, 0.15) is 0 Å². The molecule has 0 saturated heterocycles. The van der Waals surface area contributed by atoms with Gasteiger partial charge in [-0.25, -0.2) is 0 Å². The van der Waals surface area contributed by atoms with Gasteiger partial charge in [-0.15, -0.1) is 0 Å². The Balaban J connectivity index is 2.53. The molecule has 0 aliphatic heterocycles. The first kappa shape index (κ1) is 10.7. The molecule has 15 heavy (non-hydrogen) atoms. The summed E-state index contributed by atoms with van der Waals surface area (Å²) < 4.78 is 1.07. The van der Waals surface area contributed by atoms with Gasteiger partial charge in [0.25, 0.3) is 0 Å². The van der Waals surface area contributed by atoms with Crippen molar-refractivity contribution in [1.82, 2.24) is 0 Å². The van der Waals surface area contributed by atoms with Gasteiger partial charge in [-0.05, 0) is 30.4 Å². The number of rotatable bonds is 1. The smallest absolute Gasteiger partial charge is 0.0858 e. The lowest BCUT2D eigenvalue weighted by molar-refractivity contribution is 0.429. The molecule has 78 valence electrons. The second-order valence-corrected chi connectivity index (χ2v) is 5.21. The van der Waals surface area contributed by atoms with Crippen LogP contribution in [0.2, 0.25) is 0 Å². The number of benzene rings is 1. The summed E-state index contributed by atoms with van der Waals surface area (Å²) in [6, 6.07) is 10.7. The molecule has 0 heterocycles. The molecule has 0 radical (unpaired) electrons. The summed E-state index contributed by atoms with van der Waals surface area (Å²) >= 11 is 3.56. The van der Waals surface area contributed by atoms with E-state index in [4.69, 9.17) is 0 Å². The average Bonchev–Trinajstić information content (AvgIpc) is 2.61. The van der Waals surface area contributed by atoms with Crippen LogP contribution in [0.25, 0.3) is 0 Å². The highest BCUT2D eigenvalue weighted by Crippen LogP contribution is 2.47. The number of nitriles is 1. The van der Waals surface area contributed by atoms with Crippen molar-refractivity contribution in [3.05, 3.63) is 34.3 Å². The minimum atomic E-state index is -0.264. The van der Waals surface area contributed by atoms with E-state index in [1.54, 1.807) is 0 Å². The first-order valence-corrected chi connectivity index (χ1v) is 6.16. The summed E-state index contributed by atoms with van der Waals surface area (Å²) in [5.74, 6) is 0.459. The van der Waals surface area contributed by atoms with Gasteiger partial charge in [0.2, 0.25) is 0 Å². The lowest BCUT2D eigenvalue weighted by Crippen LogP contribution is -2.27. The standard InChI is InChI=1S/C13H14BrN/c1-10-5-4-8-13(10,9-15)11-6-2-3-7-12(11)14/h2-3,6-7,10H,4-5,8H2,1H3. The largest absolute Gasteiger partial charge is 0.197 e. The molecule has 2 unspecified atom stereocenters.